The van der Waals surface area contributed by atoms with E-state index in [4.69, 9.17) is 0 Å². The largest absolute Gasteiger partial charge is 0.416 e. The SMILES string of the molecule is CCC1CCC(NC(=O)[C@@H]2CC(=O)N(c3cccc(C(F)(F)F)c3)C2)CC1. The molecule has 0 radical (unpaired) electrons. The molecule has 0 aromatic heterocycles. The molecular weight excluding hydrogens is 357 g/mol. The topological polar surface area (TPSA) is 49.4 Å². The van der Waals surface area contributed by atoms with Crippen LogP contribution in [-0.4, -0.2) is 24.4 Å². The van der Waals surface area contributed by atoms with E-state index in [0.717, 1.165) is 50.2 Å². The number of hydrogen-bond acceptors (Lipinski definition) is 2. The van der Waals surface area contributed by atoms with E-state index in [9.17, 15) is 22.8 Å². The number of hydrogen-bond donors (Lipinski definition) is 1. The van der Waals surface area contributed by atoms with Gasteiger partial charge in [-0.1, -0.05) is 19.4 Å². The highest BCUT2D eigenvalue weighted by molar-refractivity contribution is 6.00. The molecule has 0 spiro atoms. The molecule has 1 atom stereocenters. The van der Waals surface area contributed by atoms with Crippen molar-refractivity contribution < 1.29 is 22.8 Å². The minimum Gasteiger partial charge on any atom is -0.353 e. The number of rotatable bonds is 4. The summed E-state index contributed by atoms with van der Waals surface area (Å²) in [5, 5.41) is 3.04. The van der Waals surface area contributed by atoms with Crippen LogP contribution in [0.25, 0.3) is 0 Å². The van der Waals surface area contributed by atoms with E-state index < -0.39 is 17.7 Å². The Morgan fingerprint density at radius 1 is 1.22 bits per heavy atom. The lowest BCUT2D eigenvalue weighted by Gasteiger charge is -2.29. The molecule has 0 bridgehead atoms. The highest BCUT2D eigenvalue weighted by Crippen LogP contribution is 2.33. The van der Waals surface area contributed by atoms with Crippen molar-refractivity contribution in [3.63, 3.8) is 0 Å². The average molecular weight is 382 g/mol. The van der Waals surface area contributed by atoms with Crippen LogP contribution in [0.3, 0.4) is 0 Å². The monoisotopic (exact) mass is 382 g/mol. The molecule has 27 heavy (non-hydrogen) atoms. The maximum Gasteiger partial charge on any atom is 0.416 e. The summed E-state index contributed by atoms with van der Waals surface area (Å²) < 4.78 is 38.7. The maximum absolute atomic E-state index is 12.9. The Morgan fingerprint density at radius 3 is 2.56 bits per heavy atom. The number of carbonyl (C=O) groups is 2. The zero-order valence-corrected chi connectivity index (χ0v) is 15.4. The predicted molar refractivity (Wildman–Crippen MR) is 96.1 cm³/mol. The summed E-state index contributed by atoms with van der Waals surface area (Å²) in [6.45, 7) is 2.30. The molecule has 1 aromatic carbocycles. The predicted octanol–water partition coefficient (Wildman–Crippen LogP) is 4.14. The van der Waals surface area contributed by atoms with Gasteiger partial charge in [-0.2, -0.15) is 13.2 Å². The minimum absolute atomic E-state index is 0.0341. The van der Waals surface area contributed by atoms with Gasteiger partial charge >= 0.3 is 6.18 Å². The zero-order valence-electron chi connectivity index (χ0n) is 15.4. The molecule has 0 unspecified atom stereocenters. The molecule has 1 saturated carbocycles. The van der Waals surface area contributed by atoms with Gasteiger partial charge < -0.3 is 10.2 Å². The fourth-order valence-corrected chi connectivity index (χ4v) is 4.02. The molecule has 2 aliphatic rings. The first kappa shape index (κ1) is 19.7. The molecule has 1 saturated heterocycles. The van der Waals surface area contributed by atoms with Crippen LogP contribution >= 0.6 is 0 Å². The Balaban J connectivity index is 1.61. The lowest BCUT2D eigenvalue weighted by atomic mass is 9.84. The lowest BCUT2D eigenvalue weighted by Crippen LogP contribution is -2.41. The second-order valence-electron chi connectivity index (χ2n) is 7.59. The van der Waals surface area contributed by atoms with Gasteiger partial charge in [-0.15, -0.1) is 0 Å². The van der Waals surface area contributed by atoms with Crippen molar-refractivity contribution >= 4 is 17.5 Å². The van der Waals surface area contributed by atoms with Crippen molar-refractivity contribution in [2.45, 2.75) is 57.7 Å². The highest BCUT2D eigenvalue weighted by Gasteiger charge is 2.37. The number of nitrogens with zero attached hydrogens (tertiary/aromatic N) is 1. The Kier molecular flexibility index (Phi) is 5.77. The van der Waals surface area contributed by atoms with Crippen molar-refractivity contribution in [2.24, 2.45) is 11.8 Å². The molecule has 1 N–H and O–H groups in total. The molecular formula is C20H25F3N2O2. The number of alkyl halides is 3. The van der Waals surface area contributed by atoms with Crippen LogP contribution in [0.4, 0.5) is 18.9 Å². The van der Waals surface area contributed by atoms with Crippen molar-refractivity contribution in [2.75, 3.05) is 11.4 Å². The molecule has 3 rings (SSSR count). The van der Waals surface area contributed by atoms with Gasteiger partial charge in [0.25, 0.3) is 0 Å². The number of halogens is 3. The van der Waals surface area contributed by atoms with E-state index in [1.807, 2.05) is 0 Å². The standard InChI is InChI=1S/C20H25F3N2O2/c1-2-13-6-8-16(9-7-13)24-19(27)14-10-18(26)25(12-14)17-5-3-4-15(11-17)20(21,22)23/h3-5,11,13-14,16H,2,6-10,12H2,1H3,(H,24,27)/t13?,14-,16?/m1/s1. The van der Waals surface area contributed by atoms with Crippen LogP contribution in [0, 0.1) is 11.8 Å². The van der Waals surface area contributed by atoms with Crippen LogP contribution in [0.5, 0.6) is 0 Å². The molecule has 1 heterocycles. The average Bonchev–Trinajstić information content (AvgIpc) is 3.04. The summed E-state index contributed by atoms with van der Waals surface area (Å²) in [6.07, 6.45) is 0.816. The van der Waals surface area contributed by atoms with Crippen LogP contribution in [-0.2, 0) is 15.8 Å². The van der Waals surface area contributed by atoms with E-state index in [0.29, 0.717) is 0 Å². The van der Waals surface area contributed by atoms with Crippen molar-refractivity contribution in [3.8, 4) is 0 Å². The third kappa shape index (κ3) is 4.62. The molecule has 2 amide bonds. The smallest absolute Gasteiger partial charge is 0.353 e. The van der Waals surface area contributed by atoms with Crippen LogP contribution in [0.1, 0.15) is 51.0 Å². The van der Waals surface area contributed by atoms with Crippen LogP contribution < -0.4 is 10.2 Å². The van der Waals surface area contributed by atoms with E-state index in [1.54, 1.807) is 0 Å². The zero-order chi connectivity index (χ0) is 19.6. The first-order valence-corrected chi connectivity index (χ1v) is 9.56. The van der Waals surface area contributed by atoms with Gasteiger partial charge in [0.15, 0.2) is 0 Å². The van der Waals surface area contributed by atoms with Crippen LogP contribution in [0.2, 0.25) is 0 Å². The first-order valence-electron chi connectivity index (χ1n) is 9.56. The molecule has 2 fully saturated rings. The lowest BCUT2D eigenvalue weighted by molar-refractivity contribution is -0.137. The van der Waals surface area contributed by atoms with E-state index in [1.165, 1.54) is 17.0 Å². The molecule has 148 valence electrons. The van der Waals surface area contributed by atoms with Gasteiger partial charge in [0.2, 0.25) is 11.8 Å². The van der Waals surface area contributed by atoms with Crippen molar-refractivity contribution in [3.05, 3.63) is 29.8 Å². The number of amides is 2. The third-order valence-electron chi connectivity index (χ3n) is 5.75. The summed E-state index contributed by atoms with van der Waals surface area (Å²) in [5.41, 5.74) is -0.609. The Morgan fingerprint density at radius 2 is 1.93 bits per heavy atom. The Bertz CT molecular complexity index is 697. The van der Waals surface area contributed by atoms with E-state index in [-0.39, 0.29) is 36.5 Å². The second kappa shape index (κ2) is 7.90. The normalized spacial score (nSPS) is 26.3. The highest BCUT2D eigenvalue weighted by atomic mass is 19.4. The number of nitrogens with one attached hydrogen (secondary N) is 1. The second-order valence-corrected chi connectivity index (χ2v) is 7.59. The maximum atomic E-state index is 12.9. The molecule has 1 aliphatic heterocycles. The number of benzene rings is 1. The van der Waals surface area contributed by atoms with Gasteiger partial charge in [0, 0.05) is 24.7 Å². The Labute approximate surface area is 157 Å². The number of carbonyl (C=O) groups excluding carboxylic acids is 2. The summed E-state index contributed by atoms with van der Waals surface area (Å²) in [5.74, 6) is -0.277. The molecule has 4 nitrogen and oxygen atoms in total. The summed E-state index contributed by atoms with van der Waals surface area (Å²) in [4.78, 5) is 26.1. The van der Waals surface area contributed by atoms with E-state index in [2.05, 4.69) is 12.2 Å². The van der Waals surface area contributed by atoms with Gasteiger partial charge in [0.1, 0.15) is 0 Å². The van der Waals surface area contributed by atoms with Crippen molar-refractivity contribution in [1.82, 2.24) is 5.32 Å². The van der Waals surface area contributed by atoms with E-state index >= 15 is 0 Å². The quantitative estimate of drug-likeness (QED) is 0.851. The summed E-state index contributed by atoms with van der Waals surface area (Å²) in [6, 6.07) is 4.83. The first-order chi connectivity index (χ1) is 12.8. The van der Waals surface area contributed by atoms with Gasteiger partial charge in [-0.05, 0) is 49.8 Å². The Hall–Kier alpha value is -2.05. The fraction of sp³-hybridized carbons (Fsp3) is 0.600. The molecule has 1 aliphatic carbocycles. The fourth-order valence-electron chi connectivity index (χ4n) is 4.02. The molecule has 1 aromatic rings. The number of anilines is 1. The van der Waals surface area contributed by atoms with Gasteiger partial charge in [-0.3, -0.25) is 9.59 Å². The summed E-state index contributed by atoms with van der Waals surface area (Å²) in [7, 11) is 0. The van der Waals surface area contributed by atoms with Gasteiger partial charge in [-0.25, -0.2) is 0 Å². The third-order valence-corrected chi connectivity index (χ3v) is 5.75. The summed E-state index contributed by atoms with van der Waals surface area (Å²) >= 11 is 0. The van der Waals surface area contributed by atoms with Crippen LogP contribution in [0.15, 0.2) is 24.3 Å². The van der Waals surface area contributed by atoms with Gasteiger partial charge in [0.05, 0.1) is 11.5 Å². The van der Waals surface area contributed by atoms with Crippen molar-refractivity contribution in [1.29, 1.82) is 0 Å². The molecule has 7 heteroatoms. The minimum atomic E-state index is -4.47.